The van der Waals surface area contributed by atoms with Gasteiger partial charge in [0.2, 0.25) is 15.8 Å². The third-order valence-corrected chi connectivity index (χ3v) is 11.7. The molecule has 2 heterocycles. The molecule has 0 aliphatic carbocycles. The van der Waals surface area contributed by atoms with E-state index in [-0.39, 0.29) is 43.3 Å². The van der Waals surface area contributed by atoms with Crippen LogP contribution in [0.25, 0.3) is 0 Å². The molecule has 3 aromatic rings. The maximum Gasteiger partial charge on any atom is 0.345 e. The predicted octanol–water partition coefficient (Wildman–Crippen LogP) is 5.72. The lowest BCUT2D eigenvalue weighted by molar-refractivity contribution is -0.290. The van der Waals surface area contributed by atoms with Crippen LogP contribution >= 0.6 is 11.6 Å². The average Bonchev–Trinajstić information content (AvgIpc) is 3.59. The summed E-state index contributed by atoms with van der Waals surface area (Å²) in [6.45, 7) is 6.89. The van der Waals surface area contributed by atoms with E-state index < -0.39 is 56.8 Å². The van der Waals surface area contributed by atoms with E-state index >= 15 is 22.8 Å². The molecular formula is C38H44ClNO12S. The molecule has 0 radical (unpaired) electrons. The van der Waals surface area contributed by atoms with E-state index in [2.05, 4.69) is 0 Å². The maximum atomic E-state index is 15.4. The van der Waals surface area contributed by atoms with Crippen LogP contribution in [0.2, 0.25) is 5.02 Å². The van der Waals surface area contributed by atoms with Crippen molar-refractivity contribution in [2.75, 3.05) is 40.6 Å². The van der Waals surface area contributed by atoms with Crippen molar-refractivity contribution in [2.45, 2.75) is 69.4 Å². The number of fused-ring (bicyclic) bond motifs is 1. The normalized spacial score (nSPS) is 23.5. The molecule has 15 heteroatoms. The molecule has 0 bridgehead atoms. The first-order valence-corrected chi connectivity index (χ1v) is 19.0. The van der Waals surface area contributed by atoms with Crippen LogP contribution in [0.3, 0.4) is 0 Å². The number of ether oxygens (including phenoxy) is 7. The molecule has 0 saturated carbocycles. The minimum atomic E-state index is -4.99. The van der Waals surface area contributed by atoms with Gasteiger partial charge in [-0.3, -0.25) is 4.79 Å². The van der Waals surface area contributed by atoms with Gasteiger partial charge in [0.25, 0.3) is 5.54 Å². The zero-order valence-electron chi connectivity index (χ0n) is 30.7. The summed E-state index contributed by atoms with van der Waals surface area (Å²) in [6, 6.07) is 15.1. The molecule has 0 aromatic heterocycles. The third-order valence-electron chi connectivity index (χ3n) is 9.58. The summed E-state index contributed by atoms with van der Waals surface area (Å²) in [5.41, 5.74) is -4.07. The number of hydrogen-bond donors (Lipinski definition) is 0. The second-order valence-corrected chi connectivity index (χ2v) is 14.6. The van der Waals surface area contributed by atoms with E-state index in [0.717, 1.165) is 5.56 Å². The summed E-state index contributed by atoms with van der Waals surface area (Å²) >= 11 is 6.34. The molecular weight excluding hydrogens is 730 g/mol. The number of hydrogen-bond acceptors (Lipinski definition) is 12. The number of carbonyl (C=O) groups is 3. The van der Waals surface area contributed by atoms with Gasteiger partial charge in [-0.2, -0.15) is 4.31 Å². The number of sulfonamides is 1. The number of aryl methyl sites for hydroxylation is 1. The van der Waals surface area contributed by atoms with Crippen molar-refractivity contribution in [1.29, 1.82) is 0 Å². The third kappa shape index (κ3) is 6.14. The second-order valence-electron chi connectivity index (χ2n) is 12.4. The minimum Gasteiger partial charge on any atom is -0.493 e. The fraction of sp³-hybridized carbons (Fsp3) is 0.447. The van der Waals surface area contributed by atoms with E-state index in [1.807, 2.05) is 0 Å². The standard InChI is InChI=1S/C38H44ClNO12S/c1-8-48-33(41)36-23-31(26-16-21-29(46-6)30(22-26)47-7)52-38(36,51-11-4)37(34(42)49-9-2,35(43)50-10-3)40(32(36)25-14-17-27(39)18-15-25)53(44,45)28-19-12-24(5)13-20-28/h12-22,31-32H,8-11,23H2,1-7H3/t31-,32-,36+,38+/m1/s1. The number of benzene rings is 3. The molecule has 0 spiro atoms. The Morgan fingerprint density at radius 2 is 1.32 bits per heavy atom. The Morgan fingerprint density at radius 3 is 1.85 bits per heavy atom. The van der Waals surface area contributed by atoms with Crippen molar-refractivity contribution < 1.29 is 56.0 Å². The van der Waals surface area contributed by atoms with Gasteiger partial charge >= 0.3 is 17.9 Å². The number of halogens is 1. The van der Waals surface area contributed by atoms with Crippen LogP contribution in [0.5, 0.6) is 11.5 Å². The zero-order valence-corrected chi connectivity index (χ0v) is 32.2. The second kappa shape index (κ2) is 15.6. The molecule has 2 fully saturated rings. The number of esters is 3. The highest BCUT2D eigenvalue weighted by molar-refractivity contribution is 7.89. The molecule has 0 unspecified atom stereocenters. The van der Waals surface area contributed by atoms with Crippen LogP contribution in [-0.2, 0) is 48.1 Å². The maximum absolute atomic E-state index is 15.4. The van der Waals surface area contributed by atoms with Gasteiger partial charge in [-0.15, -0.1) is 0 Å². The summed E-state index contributed by atoms with van der Waals surface area (Å²) in [7, 11) is -2.07. The highest BCUT2D eigenvalue weighted by atomic mass is 35.5. The molecule has 53 heavy (non-hydrogen) atoms. The van der Waals surface area contributed by atoms with Gasteiger partial charge in [0.1, 0.15) is 5.41 Å². The largest absolute Gasteiger partial charge is 0.493 e. The highest BCUT2D eigenvalue weighted by Gasteiger charge is 2.92. The molecule has 0 amide bonds. The average molecular weight is 774 g/mol. The molecule has 3 aromatic carbocycles. The summed E-state index contributed by atoms with van der Waals surface area (Å²) < 4.78 is 73.0. The Bertz CT molecular complexity index is 1920. The van der Waals surface area contributed by atoms with E-state index in [1.54, 1.807) is 51.1 Å². The van der Waals surface area contributed by atoms with Crippen LogP contribution in [0.4, 0.5) is 0 Å². The van der Waals surface area contributed by atoms with Crippen molar-refractivity contribution in [3.63, 3.8) is 0 Å². The van der Waals surface area contributed by atoms with E-state index in [9.17, 15) is 0 Å². The Labute approximate surface area is 314 Å². The molecule has 2 saturated heterocycles. The Kier molecular flexibility index (Phi) is 11.8. The quantitative estimate of drug-likeness (QED) is 0.112. The zero-order chi connectivity index (χ0) is 38.8. The Balaban J connectivity index is 2.02. The first-order chi connectivity index (χ1) is 25.3. The van der Waals surface area contributed by atoms with E-state index in [0.29, 0.717) is 26.4 Å². The van der Waals surface area contributed by atoms with Gasteiger partial charge in [0.05, 0.1) is 51.1 Å². The molecule has 286 valence electrons. The van der Waals surface area contributed by atoms with Gasteiger partial charge in [-0.25, -0.2) is 18.0 Å². The van der Waals surface area contributed by atoms with E-state index in [1.165, 1.54) is 64.5 Å². The predicted molar refractivity (Wildman–Crippen MR) is 192 cm³/mol. The van der Waals surface area contributed by atoms with Gasteiger partial charge in [0.15, 0.2) is 11.5 Å². The number of methoxy groups -OCH3 is 2. The number of carbonyl (C=O) groups excluding carboxylic acids is 3. The van der Waals surface area contributed by atoms with Crippen LogP contribution in [0.15, 0.2) is 71.6 Å². The lowest BCUT2D eigenvalue weighted by Gasteiger charge is -2.44. The summed E-state index contributed by atoms with van der Waals surface area (Å²) in [5.74, 6) is -5.78. The number of rotatable bonds is 14. The first kappa shape index (κ1) is 40.0. The van der Waals surface area contributed by atoms with Crippen molar-refractivity contribution >= 4 is 39.5 Å². The smallest absolute Gasteiger partial charge is 0.345 e. The van der Waals surface area contributed by atoms with Crippen molar-refractivity contribution in [2.24, 2.45) is 5.41 Å². The molecule has 13 nitrogen and oxygen atoms in total. The molecule has 0 N–H and O–H groups in total. The SMILES string of the molecule is CCOC(=O)C1(C(=O)OCC)N(S(=O)(=O)c2ccc(C)cc2)[C@H](c2ccc(Cl)cc2)[C@]2(C(=O)OCC)C[C@H](c3ccc(OC)c(OC)c3)O[C@]12OCC. The summed E-state index contributed by atoms with van der Waals surface area (Å²) in [5, 5.41) is 0.300. The molecule has 5 rings (SSSR count). The fourth-order valence-corrected chi connectivity index (χ4v) is 9.56. The Morgan fingerprint density at radius 1 is 0.774 bits per heavy atom. The summed E-state index contributed by atoms with van der Waals surface area (Å²) in [4.78, 5) is 44.9. The Hall–Kier alpha value is -4.21. The molecule has 4 atom stereocenters. The van der Waals surface area contributed by atoms with Crippen LogP contribution in [-0.4, -0.2) is 82.6 Å². The van der Waals surface area contributed by atoms with Crippen molar-refractivity contribution in [3.05, 3.63) is 88.4 Å². The van der Waals surface area contributed by atoms with Crippen LogP contribution in [0, 0.1) is 12.3 Å². The van der Waals surface area contributed by atoms with Gasteiger partial charge in [-0.05, 0) is 82.1 Å². The molecule has 2 aliphatic rings. The highest BCUT2D eigenvalue weighted by Crippen LogP contribution is 2.72. The lowest BCUT2D eigenvalue weighted by atomic mass is 9.67. The van der Waals surface area contributed by atoms with Crippen LogP contribution < -0.4 is 9.47 Å². The summed E-state index contributed by atoms with van der Waals surface area (Å²) in [6.07, 6.45) is -1.48. The van der Waals surface area contributed by atoms with Gasteiger partial charge in [0, 0.05) is 18.1 Å². The molecule has 2 aliphatic heterocycles. The van der Waals surface area contributed by atoms with Gasteiger partial charge < -0.3 is 33.2 Å². The minimum absolute atomic E-state index is 0.159. The monoisotopic (exact) mass is 773 g/mol. The van der Waals surface area contributed by atoms with Crippen molar-refractivity contribution in [3.8, 4) is 11.5 Å². The van der Waals surface area contributed by atoms with Crippen molar-refractivity contribution in [1.82, 2.24) is 4.31 Å². The topological polar surface area (TPSA) is 153 Å². The van der Waals surface area contributed by atoms with Gasteiger partial charge in [-0.1, -0.05) is 47.5 Å². The lowest BCUT2D eigenvalue weighted by Crippen LogP contribution is -2.73. The van der Waals surface area contributed by atoms with E-state index in [4.69, 9.17) is 44.8 Å². The fourth-order valence-electron chi connectivity index (χ4n) is 7.52. The first-order valence-electron chi connectivity index (χ1n) is 17.2. The number of nitrogens with zero attached hydrogens (tertiary/aromatic N) is 1. The van der Waals surface area contributed by atoms with Crippen LogP contribution in [0.1, 0.15) is 63.0 Å².